The highest BCUT2D eigenvalue weighted by atomic mass is 35.5. The molecule has 0 spiro atoms. The van der Waals surface area contributed by atoms with Crippen LogP contribution in [0.2, 0.25) is 5.02 Å². The van der Waals surface area contributed by atoms with Gasteiger partial charge in [-0.05, 0) is 29.8 Å². The van der Waals surface area contributed by atoms with Crippen LogP contribution in [0.25, 0.3) is 0 Å². The van der Waals surface area contributed by atoms with Crippen LogP contribution in [0, 0.1) is 5.82 Å². The van der Waals surface area contributed by atoms with Crippen LogP contribution in [0.5, 0.6) is 0 Å². The van der Waals surface area contributed by atoms with Crippen LogP contribution < -0.4 is 4.72 Å². The van der Waals surface area contributed by atoms with Gasteiger partial charge < -0.3 is 4.90 Å². The van der Waals surface area contributed by atoms with E-state index in [0.29, 0.717) is 6.54 Å². The summed E-state index contributed by atoms with van der Waals surface area (Å²) in [5.74, 6) is -0.571. The van der Waals surface area contributed by atoms with Gasteiger partial charge in [0.25, 0.3) is 0 Å². The first-order valence-corrected chi connectivity index (χ1v) is 9.38. The largest absolute Gasteiger partial charge is 0.341 e. The third kappa shape index (κ3) is 5.52. The highest BCUT2D eigenvalue weighted by molar-refractivity contribution is 7.89. The molecule has 0 atom stereocenters. The number of amides is 1. The maximum absolute atomic E-state index is 12.9. The fourth-order valence-electron chi connectivity index (χ4n) is 2.18. The van der Waals surface area contributed by atoms with Crippen molar-refractivity contribution >= 4 is 27.5 Å². The van der Waals surface area contributed by atoms with E-state index in [4.69, 9.17) is 11.6 Å². The number of halogens is 2. The van der Waals surface area contributed by atoms with E-state index in [1.807, 2.05) is 0 Å². The average Bonchev–Trinajstić information content (AvgIpc) is 2.57. The van der Waals surface area contributed by atoms with Crippen molar-refractivity contribution in [2.75, 3.05) is 13.6 Å². The Morgan fingerprint density at radius 1 is 1.16 bits per heavy atom. The molecule has 0 aliphatic rings. The van der Waals surface area contributed by atoms with Gasteiger partial charge in [-0.1, -0.05) is 35.9 Å². The third-order valence-corrected chi connectivity index (χ3v) is 5.48. The van der Waals surface area contributed by atoms with E-state index in [9.17, 15) is 17.6 Å². The van der Waals surface area contributed by atoms with Gasteiger partial charge in [-0.15, -0.1) is 0 Å². The number of sulfonamides is 1. The van der Waals surface area contributed by atoms with E-state index < -0.39 is 10.0 Å². The molecule has 5 nitrogen and oxygen atoms in total. The number of rotatable bonds is 7. The van der Waals surface area contributed by atoms with E-state index in [-0.39, 0.29) is 34.6 Å². The summed E-state index contributed by atoms with van der Waals surface area (Å²) in [4.78, 5) is 13.5. The van der Waals surface area contributed by atoms with Crippen molar-refractivity contribution < 1.29 is 17.6 Å². The monoisotopic (exact) mass is 384 g/mol. The number of hydrogen-bond acceptors (Lipinski definition) is 3. The second-order valence-corrected chi connectivity index (χ2v) is 7.60. The minimum Gasteiger partial charge on any atom is -0.341 e. The molecule has 1 amide bonds. The van der Waals surface area contributed by atoms with Crippen molar-refractivity contribution in [2.45, 2.75) is 17.9 Å². The Bertz CT molecular complexity index is 841. The van der Waals surface area contributed by atoms with Crippen molar-refractivity contribution in [3.05, 3.63) is 64.9 Å². The van der Waals surface area contributed by atoms with Crippen molar-refractivity contribution in [3.8, 4) is 0 Å². The van der Waals surface area contributed by atoms with Crippen molar-refractivity contribution in [1.82, 2.24) is 9.62 Å². The number of nitrogens with zero attached hydrogens (tertiary/aromatic N) is 1. The summed E-state index contributed by atoms with van der Waals surface area (Å²) in [5, 5.41) is 0.120. The molecule has 134 valence electrons. The van der Waals surface area contributed by atoms with Crippen molar-refractivity contribution in [1.29, 1.82) is 0 Å². The molecule has 0 bridgehead atoms. The van der Waals surface area contributed by atoms with Gasteiger partial charge in [0.2, 0.25) is 15.9 Å². The highest BCUT2D eigenvalue weighted by Crippen LogP contribution is 2.20. The van der Waals surface area contributed by atoms with Crippen LogP contribution in [-0.2, 0) is 21.4 Å². The predicted octanol–water partition coefficient (Wildman–Crippen LogP) is 2.81. The molecule has 0 aromatic heterocycles. The number of carbonyl (C=O) groups excluding carboxylic acids is 1. The van der Waals surface area contributed by atoms with Crippen LogP contribution in [0.4, 0.5) is 4.39 Å². The summed E-state index contributed by atoms with van der Waals surface area (Å²) in [6, 6.07) is 11.9. The minimum atomic E-state index is -3.77. The van der Waals surface area contributed by atoms with E-state index in [2.05, 4.69) is 4.72 Å². The Labute approximate surface area is 151 Å². The average molecular weight is 385 g/mol. The maximum Gasteiger partial charge on any atom is 0.242 e. The van der Waals surface area contributed by atoms with Gasteiger partial charge in [0.05, 0.1) is 5.02 Å². The zero-order valence-electron chi connectivity index (χ0n) is 13.6. The number of benzene rings is 2. The topological polar surface area (TPSA) is 66.5 Å². The molecule has 0 radical (unpaired) electrons. The van der Waals surface area contributed by atoms with Crippen LogP contribution in [0.15, 0.2) is 53.4 Å². The molecule has 1 N–H and O–H groups in total. The van der Waals surface area contributed by atoms with E-state index in [0.717, 1.165) is 5.56 Å². The third-order valence-electron chi connectivity index (χ3n) is 3.52. The van der Waals surface area contributed by atoms with E-state index >= 15 is 0 Å². The molecule has 0 saturated carbocycles. The summed E-state index contributed by atoms with van der Waals surface area (Å²) in [5.41, 5.74) is 0.786. The van der Waals surface area contributed by atoms with Crippen LogP contribution in [-0.4, -0.2) is 32.8 Å². The zero-order valence-corrected chi connectivity index (χ0v) is 15.1. The highest BCUT2D eigenvalue weighted by Gasteiger charge is 2.18. The second kappa shape index (κ2) is 8.42. The number of carbonyl (C=O) groups is 1. The van der Waals surface area contributed by atoms with Gasteiger partial charge in [-0.2, -0.15) is 0 Å². The first-order chi connectivity index (χ1) is 11.8. The van der Waals surface area contributed by atoms with Gasteiger partial charge >= 0.3 is 0 Å². The fourth-order valence-corrected chi connectivity index (χ4v) is 3.72. The second-order valence-electron chi connectivity index (χ2n) is 5.45. The predicted molar refractivity (Wildman–Crippen MR) is 94.1 cm³/mol. The normalized spacial score (nSPS) is 11.3. The Hall–Kier alpha value is -1.96. The summed E-state index contributed by atoms with van der Waals surface area (Å²) in [6.07, 6.45) is 0.00137. The SMILES string of the molecule is CN(Cc1ccc(F)cc1)C(=O)CCNS(=O)(=O)c1ccccc1Cl. The van der Waals surface area contributed by atoms with Gasteiger partial charge in [0.15, 0.2) is 0 Å². The number of nitrogens with one attached hydrogen (secondary N) is 1. The van der Waals surface area contributed by atoms with Crippen LogP contribution in [0.3, 0.4) is 0 Å². The first kappa shape index (κ1) is 19.4. The Balaban J connectivity index is 1.87. The molecule has 0 saturated heterocycles. The van der Waals surface area contributed by atoms with E-state index in [1.54, 1.807) is 31.3 Å². The van der Waals surface area contributed by atoms with Crippen molar-refractivity contribution in [3.63, 3.8) is 0 Å². The lowest BCUT2D eigenvalue weighted by Crippen LogP contribution is -2.32. The van der Waals surface area contributed by atoms with E-state index in [1.165, 1.54) is 29.2 Å². The lowest BCUT2D eigenvalue weighted by molar-refractivity contribution is -0.130. The first-order valence-electron chi connectivity index (χ1n) is 7.52. The standard InChI is InChI=1S/C17H18ClFN2O3S/c1-21(12-13-6-8-14(19)9-7-13)17(22)10-11-20-25(23,24)16-5-3-2-4-15(16)18/h2-9,20H,10-12H2,1H3. The van der Waals surface area contributed by atoms with Crippen molar-refractivity contribution in [2.24, 2.45) is 0 Å². The molecule has 25 heavy (non-hydrogen) atoms. The quantitative estimate of drug-likeness (QED) is 0.798. The summed E-state index contributed by atoms with van der Waals surface area (Å²) in [6.45, 7) is 0.274. The van der Waals surface area contributed by atoms with Gasteiger partial charge in [-0.3, -0.25) is 4.79 Å². The van der Waals surface area contributed by atoms with Crippen LogP contribution in [0.1, 0.15) is 12.0 Å². The summed E-state index contributed by atoms with van der Waals surface area (Å²) >= 11 is 5.88. The molecular weight excluding hydrogens is 367 g/mol. The molecule has 2 aromatic rings. The smallest absolute Gasteiger partial charge is 0.242 e. The molecule has 0 heterocycles. The molecule has 8 heteroatoms. The summed E-state index contributed by atoms with van der Waals surface area (Å²) < 4.78 is 39.6. The summed E-state index contributed by atoms with van der Waals surface area (Å²) in [7, 11) is -2.16. The molecule has 0 aliphatic heterocycles. The maximum atomic E-state index is 12.9. The molecular formula is C17H18ClFN2O3S. The zero-order chi connectivity index (χ0) is 18.4. The Kier molecular flexibility index (Phi) is 6.52. The van der Waals surface area contributed by atoms with Gasteiger partial charge in [0, 0.05) is 26.6 Å². The fraction of sp³-hybridized carbons (Fsp3) is 0.235. The lowest BCUT2D eigenvalue weighted by Gasteiger charge is -2.17. The van der Waals surface area contributed by atoms with Gasteiger partial charge in [0.1, 0.15) is 10.7 Å². The molecule has 2 rings (SSSR count). The molecule has 0 aliphatic carbocycles. The Morgan fingerprint density at radius 2 is 1.80 bits per heavy atom. The Morgan fingerprint density at radius 3 is 2.44 bits per heavy atom. The van der Waals surface area contributed by atoms with Gasteiger partial charge in [-0.25, -0.2) is 17.5 Å². The number of hydrogen-bond donors (Lipinski definition) is 1. The minimum absolute atomic E-state index is 0.00137. The molecule has 0 unspecified atom stereocenters. The van der Waals surface area contributed by atoms with Crippen LogP contribution >= 0.6 is 11.6 Å². The molecule has 2 aromatic carbocycles. The lowest BCUT2D eigenvalue weighted by atomic mass is 10.2. The molecule has 0 fully saturated rings.